The van der Waals surface area contributed by atoms with Gasteiger partial charge in [0, 0.05) is 31.6 Å². The Hall–Kier alpha value is -1.78. The van der Waals surface area contributed by atoms with E-state index in [9.17, 15) is 0 Å². The summed E-state index contributed by atoms with van der Waals surface area (Å²) in [5, 5.41) is 2.65. The number of benzene rings is 2. The third-order valence-electron chi connectivity index (χ3n) is 4.56. The molecule has 0 saturated carbocycles. The summed E-state index contributed by atoms with van der Waals surface area (Å²) in [6, 6.07) is 13.2. The zero-order chi connectivity index (χ0) is 14.8. The van der Waals surface area contributed by atoms with Crippen molar-refractivity contribution in [1.29, 1.82) is 0 Å². The van der Waals surface area contributed by atoms with E-state index < -0.39 is 0 Å². The van der Waals surface area contributed by atoms with Gasteiger partial charge >= 0.3 is 0 Å². The first-order chi connectivity index (χ1) is 10.9. The van der Waals surface area contributed by atoms with Crippen LogP contribution in [0.2, 0.25) is 0 Å². The second kappa shape index (κ2) is 6.15. The van der Waals surface area contributed by atoms with Crippen molar-refractivity contribution in [3.8, 4) is 0 Å². The first kappa shape index (κ1) is 13.9. The predicted octanol–water partition coefficient (Wildman–Crippen LogP) is 2.51. The van der Waals surface area contributed by atoms with E-state index in [4.69, 9.17) is 9.47 Å². The van der Waals surface area contributed by atoms with E-state index in [1.807, 2.05) is 0 Å². The maximum atomic E-state index is 5.54. The van der Waals surface area contributed by atoms with Gasteiger partial charge in [-0.25, -0.2) is 0 Å². The number of anilines is 2. The molecule has 0 atom stereocenters. The summed E-state index contributed by atoms with van der Waals surface area (Å²) in [6.45, 7) is 7.12. The third kappa shape index (κ3) is 2.53. The van der Waals surface area contributed by atoms with Crippen molar-refractivity contribution in [2.24, 2.45) is 0 Å². The van der Waals surface area contributed by atoms with Gasteiger partial charge in [-0.15, -0.1) is 0 Å². The molecule has 0 spiro atoms. The Kier molecular flexibility index (Phi) is 3.87. The summed E-state index contributed by atoms with van der Waals surface area (Å²) < 4.78 is 11.1. The largest absolute Gasteiger partial charge is 0.378 e. The maximum absolute atomic E-state index is 5.54. The highest BCUT2D eigenvalue weighted by atomic mass is 16.5. The molecule has 0 aromatic heterocycles. The Labute approximate surface area is 131 Å². The minimum absolute atomic E-state index is 0.811. The molecule has 2 aliphatic heterocycles. The standard InChI is InChI=1S/C18H22N2O2/c1-2-4-16-15(3-1)5-6-17(19-7-11-21-12-8-19)18(16)20-9-13-22-14-10-20/h1-6H,7-14H2. The smallest absolute Gasteiger partial charge is 0.0685 e. The molecular weight excluding hydrogens is 276 g/mol. The van der Waals surface area contributed by atoms with Crippen molar-refractivity contribution < 1.29 is 9.47 Å². The van der Waals surface area contributed by atoms with Crippen LogP contribution in [0.5, 0.6) is 0 Å². The zero-order valence-corrected chi connectivity index (χ0v) is 12.8. The maximum Gasteiger partial charge on any atom is 0.0685 e. The van der Waals surface area contributed by atoms with E-state index in [0.717, 1.165) is 52.6 Å². The van der Waals surface area contributed by atoms with Gasteiger partial charge < -0.3 is 19.3 Å². The molecule has 2 aliphatic rings. The molecule has 0 unspecified atom stereocenters. The SMILES string of the molecule is c1ccc2c(N3CCOCC3)c(N3CCOCC3)ccc2c1. The topological polar surface area (TPSA) is 24.9 Å². The summed E-state index contributed by atoms with van der Waals surface area (Å²) >= 11 is 0. The van der Waals surface area contributed by atoms with Gasteiger partial charge in [0.05, 0.1) is 37.8 Å². The third-order valence-corrected chi connectivity index (χ3v) is 4.56. The van der Waals surface area contributed by atoms with Crippen molar-refractivity contribution in [1.82, 2.24) is 0 Å². The number of nitrogens with zero attached hydrogens (tertiary/aromatic N) is 2. The lowest BCUT2D eigenvalue weighted by Crippen LogP contribution is -2.40. The highest BCUT2D eigenvalue weighted by Crippen LogP contribution is 2.37. The van der Waals surface area contributed by atoms with Crippen molar-refractivity contribution in [3.63, 3.8) is 0 Å². The molecule has 4 rings (SSSR count). The second-order valence-electron chi connectivity index (χ2n) is 5.85. The molecule has 2 heterocycles. The average molecular weight is 298 g/mol. The molecule has 0 N–H and O–H groups in total. The van der Waals surface area contributed by atoms with Crippen LogP contribution in [-0.2, 0) is 9.47 Å². The highest BCUT2D eigenvalue weighted by Gasteiger charge is 2.22. The lowest BCUT2D eigenvalue weighted by Gasteiger charge is -2.36. The molecule has 2 saturated heterocycles. The lowest BCUT2D eigenvalue weighted by molar-refractivity contribution is 0.121. The molecule has 0 bridgehead atoms. The van der Waals surface area contributed by atoms with Gasteiger partial charge in [-0.3, -0.25) is 0 Å². The van der Waals surface area contributed by atoms with Crippen LogP contribution >= 0.6 is 0 Å². The molecule has 4 heteroatoms. The van der Waals surface area contributed by atoms with Crippen LogP contribution in [-0.4, -0.2) is 52.6 Å². The number of rotatable bonds is 2. The molecule has 0 radical (unpaired) electrons. The van der Waals surface area contributed by atoms with Crippen LogP contribution in [0, 0.1) is 0 Å². The minimum Gasteiger partial charge on any atom is -0.378 e. The molecule has 2 aromatic rings. The quantitative estimate of drug-likeness (QED) is 0.850. The first-order valence-corrected chi connectivity index (χ1v) is 8.10. The van der Waals surface area contributed by atoms with Crippen LogP contribution in [0.15, 0.2) is 36.4 Å². The van der Waals surface area contributed by atoms with Gasteiger partial charge in [-0.1, -0.05) is 30.3 Å². The average Bonchev–Trinajstić information content (AvgIpc) is 2.62. The Morgan fingerprint density at radius 3 is 2.05 bits per heavy atom. The van der Waals surface area contributed by atoms with E-state index in [0.29, 0.717) is 0 Å². The van der Waals surface area contributed by atoms with Gasteiger partial charge in [0.25, 0.3) is 0 Å². The minimum atomic E-state index is 0.811. The lowest BCUT2D eigenvalue weighted by atomic mass is 10.0. The zero-order valence-electron chi connectivity index (χ0n) is 12.8. The van der Waals surface area contributed by atoms with Crippen LogP contribution in [0.3, 0.4) is 0 Å². The Balaban J connectivity index is 1.83. The predicted molar refractivity (Wildman–Crippen MR) is 90.0 cm³/mol. The Bertz CT molecular complexity index is 647. The summed E-state index contributed by atoms with van der Waals surface area (Å²) in [5.41, 5.74) is 2.70. The molecular formula is C18H22N2O2. The molecule has 4 nitrogen and oxygen atoms in total. The van der Waals surface area contributed by atoms with Crippen LogP contribution < -0.4 is 9.80 Å². The summed E-state index contributed by atoms with van der Waals surface area (Å²) in [6.07, 6.45) is 0. The van der Waals surface area contributed by atoms with E-state index in [1.165, 1.54) is 22.1 Å². The van der Waals surface area contributed by atoms with Gasteiger partial charge in [0.2, 0.25) is 0 Å². The van der Waals surface area contributed by atoms with E-state index in [-0.39, 0.29) is 0 Å². The molecule has 116 valence electrons. The van der Waals surface area contributed by atoms with Gasteiger partial charge in [0.1, 0.15) is 0 Å². The summed E-state index contributed by atoms with van der Waals surface area (Å²) in [7, 11) is 0. The van der Waals surface area contributed by atoms with Crippen molar-refractivity contribution >= 4 is 22.1 Å². The van der Waals surface area contributed by atoms with E-state index in [1.54, 1.807) is 0 Å². The van der Waals surface area contributed by atoms with Crippen molar-refractivity contribution in [2.45, 2.75) is 0 Å². The number of hydrogen-bond donors (Lipinski definition) is 0. The monoisotopic (exact) mass is 298 g/mol. The van der Waals surface area contributed by atoms with E-state index >= 15 is 0 Å². The molecule has 0 aliphatic carbocycles. The summed E-state index contributed by atoms with van der Waals surface area (Å²) in [4.78, 5) is 4.94. The Morgan fingerprint density at radius 1 is 0.682 bits per heavy atom. The normalized spacial score (nSPS) is 19.6. The van der Waals surface area contributed by atoms with Crippen molar-refractivity contribution in [3.05, 3.63) is 36.4 Å². The fourth-order valence-corrected chi connectivity index (χ4v) is 3.42. The van der Waals surface area contributed by atoms with Gasteiger partial charge in [-0.2, -0.15) is 0 Å². The highest BCUT2D eigenvalue weighted by molar-refractivity contribution is 6.01. The summed E-state index contributed by atoms with van der Waals surface area (Å²) in [5.74, 6) is 0. The van der Waals surface area contributed by atoms with Gasteiger partial charge in [0.15, 0.2) is 0 Å². The van der Waals surface area contributed by atoms with Crippen molar-refractivity contribution in [2.75, 3.05) is 62.4 Å². The van der Waals surface area contributed by atoms with Crippen LogP contribution in [0.25, 0.3) is 10.8 Å². The number of ether oxygens (including phenoxy) is 2. The number of morpholine rings is 2. The van der Waals surface area contributed by atoms with Crippen LogP contribution in [0.1, 0.15) is 0 Å². The number of fused-ring (bicyclic) bond motifs is 1. The Morgan fingerprint density at radius 2 is 1.32 bits per heavy atom. The fourth-order valence-electron chi connectivity index (χ4n) is 3.42. The molecule has 0 amide bonds. The molecule has 2 aromatic carbocycles. The second-order valence-corrected chi connectivity index (χ2v) is 5.85. The van der Waals surface area contributed by atoms with Crippen LogP contribution in [0.4, 0.5) is 11.4 Å². The number of hydrogen-bond acceptors (Lipinski definition) is 4. The first-order valence-electron chi connectivity index (χ1n) is 8.10. The van der Waals surface area contributed by atoms with E-state index in [2.05, 4.69) is 46.2 Å². The molecule has 22 heavy (non-hydrogen) atoms. The van der Waals surface area contributed by atoms with Gasteiger partial charge in [-0.05, 0) is 11.5 Å². The fraction of sp³-hybridized carbons (Fsp3) is 0.444. The molecule has 2 fully saturated rings.